The van der Waals surface area contributed by atoms with Gasteiger partial charge >= 0.3 is 0 Å². The predicted molar refractivity (Wildman–Crippen MR) is 30.3 cm³/mol. The first-order chi connectivity index (χ1) is 3.91. The molecule has 0 saturated carbocycles. The third-order valence-corrected chi connectivity index (χ3v) is 0.325. The molecular weight excluding hydrogens is 106 g/mol. The molecule has 4 nitrogen and oxygen atoms in total. The lowest BCUT2D eigenvalue weighted by Crippen LogP contribution is -1.59. The Kier molecular flexibility index (Phi) is 4.95. The van der Waals surface area contributed by atoms with E-state index in [9.17, 15) is 0 Å². The molecule has 0 unspecified atom stereocenters. The van der Waals surface area contributed by atoms with Gasteiger partial charge in [-0.3, -0.25) is 0 Å². The highest BCUT2D eigenvalue weighted by molar-refractivity contribution is 5.52. The molecule has 44 valence electrons. The molecule has 0 rings (SSSR count). The van der Waals surface area contributed by atoms with Crippen LogP contribution in [0.2, 0.25) is 0 Å². The van der Waals surface area contributed by atoms with Gasteiger partial charge in [-0.2, -0.15) is 0 Å². The molecule has 0 aromatic carbocycles. The Morgan fingerprint density at radius 3 is 2.88 bits per heavy atom. The molecule has 0 saturated heterocycles. The van der Waals surface area contributed by atoms with Crippen molar-refractivity contribution in [1.82, 2.24) is 0 Å². The van der Waals surface area contributed by atoms with Crippen LogP contribution >= 0.6 is 0 Å². The van der Waals surface area contributed by atoms with Gasteiger partial charge in [-0.15, -0.1) is 5.10 Å². The molecule has 0 atom stereocenters. The molecule has 0 aliphatic carbocycles. The summed E-state index contributed by atoms with van der Waals surface area (Å²) in [6.07, 6.45) is 2.66. The Morgan fingerprint density at radius 1 is 1.62 bits per heavy atom. The van der Waals surface area contributed by atoms with E-state index < -0.39 is 0 Å². The topological polar surface area (TPSA) is 46.3 Å². The van der Waals surface area contributed by atoms with Gasteiger partial charge in [0.15, 0.2) is 0 Å². The zero-order valence-corrected chi connectivity index (χ0v) is 4.61. The first-order valence-corrected chi connectivity index (χ1v) is 2.06. The lowest BCUT2D eigenvalue weighted by Gasteiger charge is -1.76. The molecule has 0 amide bonds. The average molecular weight is 113 g/mol. The fourth-order valence-electron chi connectivity index (χ4n) is 0.127. The lowest BCUT2D eigenvalue weighted by molar-refractivity contribution is 0.238. The van der Waals surface area contributed by atoms with Crippen LogP contribution in [0.1, 0.15) is 6.92 Å². The number of hydrogen-bond acceptors (Lipinski definition) is 3. The van der Waals surface area contributed by atoms with Crippen LogP contribution in [0.5, 0.6) is 0 Å². The van der Waals surface area contributed by atoms with Crippen molar-refractivity contribution in [3.8, 4) is 0 Å². The van der Waals surface area contributed by atoms with Crippen molar-refractivity contribution in [2.75, 3.05) is 0 Å². The maximum absolute atomic E-state index is 4.24. The maximum atomic E-state index is 4.24. The van der Waals surface area contributed by atoms with Gasteiger partial charge < -0.3 is 4.84 Å². The number of rotatable bonds is 3. The van der Waals surface area contributed by atoms with E-state index in [1.165, 1.54) is 6.21 Å². The first kappa shape index (κ1) is 6.81. The molecule has 0 aromatic heterocycles. The van der Waals surface area contributed by atoms with Gasteiger partial charge in [0.2, 0.25) is 0 Å². The summed E-state index contributed by atoms with van der Waals surface area (Å²) in [5.41, 5.74) is 0. The molecule has 0 aliphatic rings. The highest BCUT2D eigenvalue weighted by Crippen LogP contribution is 1.77. The van der Waals surface area contributed by atoms with Crippen molar-refractivity contribution < 1.29 is 4.84 Å². The first-order valence-electron chi connectivity index (χ1n) is 2.06. The van der Waals surface area contributed by atoms with E-state index in [-0.39, 0.29) is 0 Å². The monoisotopic (exact) mass is 113 g/mol. The van der Waals surface area contributed by atoms with Crippen LogP contribution in [0.25, 0.3) is 0 Å². The minimum absolute atomic E-state index is 1.16. The lowest BCUT2D eigenvalue weighted by atomic mass is 10.9. The second-order valence-corrected chi connectivity index (χ2v) is 0.817. The summed E-state index contributed by atoms with van der Waals surface area (Å²) >= 11 is 0. The molecule has 0 aliphatic heterocycles. The second-order valence-electron chi connectivity index (χ2n) is 0.817. The van der Waals surface area contributed by atoms with Crippen molar-refractivity contribution in [2.45, 2.75) is 6.92 Å². The molecule has 0 heterocycles. The average Bonchev–Trinajstić information content (AvgIpc) is 1.81. The van der Waals surface area contributed by atoms with Gasteiger partial charge in [0.05, 0.1) is 5.28 Å². The molecule has 0 spiro atoms. The summed E-state index contributed by atoms with van der Waals surface area (Å²) in [5, 5.41) is 9.64. The SMILES string of the molecule is C=CO/N=N\N=C\C. The van der Waals surface area contributed by atoms with E-state index in [2.05, 4.69) is 27.0 Å². The highest BCUT2D eigenvalue weighted by Gasteiger charge is 1.60. The van der Waals surface area contributed by atoms with E-state index in [0.717, 1.165) is 6.26 Å². The predicted octanol–water partition coefficient (Wildman–Crippen LogP) is 1.52. The quantitative estimate of drug-likeness (QED) is 0.237. The van der Waals surface area contributed by atoms with Crippen LogP contribution in [0.3, 0.4) is 0 Å². The fraction of sp³-hybridized carbons (Fsp3) is 0.250. The van der Waals surface area contributed by atoms with Gasteiger partial charge in [-0.05, 0) is 12.1 Å². The van der Waals surface area contributed by atoms with Crippen LogP contribution < -0.4 is 0 Å². The van der Waals surface area contributed by atoms with E-state index >= 15 is 0 Å². The molecular formula is C4H7N3O. The van der Waals surface area contributed by atoms with Gasteiger partial charge in [-0.1, -0.05) is 6.58 Å². The third-order valence-electron chi connectivity index (χ3n) is 0.325. The Labute approximate surface area is 47.5 Å². The summed E-state index contributed by atoms with van der Waals surface area (Å²) in [6, 6.07) is 0. The normalized spacial score (nSPS) is 10.6. The maximum Gasteiger partial charge on any atom is 0.116 e. The van der Waals surface area contributed by atoms with Gasteiger partial charge in [0.1, 0.15) is 6.26 Å². The van der Waals surface area contributed by atoms with Crippen LogP contribution in [-0.2, 0) is 4.84 Å². The molecule has 0 aromatic rings. The molecule has 0 radical (unpaired) electrons. The molecule has 0 fully saturated rings. The van der Waals surface area contributed by atoms with Gasteiger partial charge in [0, 0.05) is 6.21 Å². The summed E-state index contributed by atoms with van der Waals surface area (Å²) in [4.78, 5) is 4.24. The zero-order valence-electron chi connectivity index (χ0n) is 4.61. The van der Waals surface area contributed by atoms with E-state index in [1.807, 2.05) is 0 Å². The molecule has 4 heteroatoms. The van der Waals surface area contributed by atoms with Crippen LogP contribution in [-0.4, -0.2) is 6.21 Å². The summed E-state index contributed by atoms with van der Waals surface area (Å²) < 4.78 is 0. The minimum Gasteiger partial charge on any atom is -0.347 e. The van der Waals surface area contributed by atoms with Crippen LogP contribution in [0.15, 0.2) is 28.4 Å². The van der Waals surface area contributed by atoms with Crippen molar-refractivity contribution in [2.24, 2.45) is 15.6 Å². The van der Waals surface area contributed by atoms with E-state index in [1.54, 1.807) is 6.92 Å². The standard InChI is InChI=1S/C4H7N3O/c1-3-5-6-7-8-4-2/h3-4H,2H2,1H3/b5-3+,7-6-. The molecule has 8 heavy (non-hydrogen) atoms. The van der Waals surface area contributed by atoms with Crippen molar-refractivity contribution in [3.63, 3.8) is 0 Å². The Hall–Kier alpha value is -1.19. The smallest absolute Gasteiger partial charge is 0.116 e. The largest absolute Gasteiger partial charge is 0.347 e. The van der Waals surface area contributed by atoms with E-state index in [4.69, 9.17) is 0 Å². The van der Waals surface area contributed by atoms with Crippen molar-refractivity contribution in [3.05, 3.63) is 12.8 Å². The van der Waals surface area contributed by atoms with Crippen LogP contribution in [0.4, 0.5) is 0 Å². The van der Waals surface area contributed by atoms with Gasteiger partial charge in [0.25, 0.3) is 0 Å². The zero-order chi connectivity index (χ0) is 6.24. The minimum atomic E-state index is 1.16. The number of nitrogens with zero attached hydrogens (tertiary/aromatic N) is 3. The highest BCUT2D eigenvalue weighted by atomic mass is 16.6. The molecule has 0 bridgehead atoms. The number of hydrogen-bond donors (Lipinski definition) is 0. The van der Waals surface area contributed by atoms with Crippen molar-refractivity contribution in [1.29, 1.82) is 0 Å². The van der Waals surface area contributed by atoms with Crippen LogP contribution in [0, 0.1) is 0 Å². The summed E-state index contributed by atoms with van der Waals surface area (Å²) in [6.45, 7) is 4.96. The molecule has 0 N–H and O–H groups in total. The van der Waals surface area contributed by atoms with Crippen molar-refractivity contribution >= 4 is 6.21 Å². The third kappa shape index (κ3) is 4.81. The summed E-state index contributed by atoms with van der Waals surface area (Å²) in [7, 11) is 0. The van der Waals surface area contributed by atoms with Gasteiger partial charge in [-0.25, -0.2) is 0 Å². The Bertz CT molecular complexity index is 108. The Balaban J connectivity index is 3.19. The van der Waals surface area contributed by atoms with E-state index in [0.29, 0.717) is 0 Å². The fourth-order valence-corrected chi connectivity index (χ4v) is 0.127. The summed E-state index contributed by atoms with van der Waals surface area (Å²) in [5.74, 6) is 0. The second kappa shape index (κ2) is 5.81. The Morgan fingerprint density at radius 2 is 2.38 bits per heavy atom.